The number of aliphatic hydroxyl groups is 1. The summed E-state index contributed by atoms with van der Waals surface area (Å²) in [6.07, 6.45) is 2.85. The summed E-state index contributed by atoms with van der Waals surface area (Å²) in [6.45, 7) is 2.84. The molecule has 80 valence electrons. The Bertz CT molecular complexity index is 452. The molecule has 0 radical (unpaired) electrons. The zero-order valence-corrected chi connectivity index (χ0v) is 10.6. The lowest BCUT2D eigenvalue weighted by Gasteiger charge is -2.11. The average Bonchev–Trinajstić information content (AvgIpc) is 2.84. The van der Waals surface area contributed by atoms with Gasteiger partial charge in [-0.3, -0.25) is 0 Å². The molecule has 0 aliphatic heterocycles. The van der Waals surface area contributed by atoms with Crippen molar-refractivity contribution in [1.29, 1.82) is 0 Å². The summed E-state index contributed by atoms with van der Waals surface area (Å²) in [7, 11) is 0. The Morgan fingerprint density at radius 1 is 1.67 bits per heavy atom. The van der Waals surface area contributed by atoms with Gasteiger partial charge in [-0.25, -0.2) is 4.98 Å². The van der Waals surface area contributed by atoms with E-state index in [-0.39, 0.29) is 0 Å². The highest BCUT2D eigenvalue weighted by Crippen LogP contribution is 2.32. The summed E-state index contributed by atoms with van der Waals surface area (Å²) in [5.74, 6) is 0. The maximum absolute atomic E-state index is 10.2. The minimum Gasteiger partial charge on any atom is -0.381 e. The van der Waals surface area contributed by atoms with E-state index in [0.29, 0.717) is 0 Å². The maximum atomic E-state index is 10.2. The van der Waals surface area contributed by atoms with Crippen molar-refractivity contribution in [2.24, 2.45) is 0 Å². The first-order chi connectivity index (χ1) is 7.24. The number of hydrogen-bond donors (Lipinski definition) is 1. The Hall–Kier alpha value is -0.650. The predicted molar refractivity (Wildman–Crippen MR) is 64.0 cm³/mol. The Kier molecular flexibility index (Phi) is 3.23. The van der Waals surface area contributed by atoms with E-state index in [4.69, 9.17) is 0 Å². The number of aliphatic hydroxyl groups excluding tert-OH is 1. The Labute approximate surface area is 101 Å². The van der Waals surface area contributed by atoms with Crippen LogP contribution in [0.15, 0.2) is 28.4 Å². The second-order valence-corrected chi connectivity index (χ2v) is 4.94. The molecule has 1 atom stereocenters. The van der Waals surface area contributed by atoms with Gasteiger partial charge in [0.05, 0.1) is 23.1 Å². The molecule has 5 heteroatoms. The monoisotopic (exact) mass is 286 g/mol. The van der Waals surface area contributed by atoms with Gasteiger partial charge in [0.1, 0.15) is 6.10 Å². The zero-order valence-electron chi connectivity index (χ0n) is 8.22. The van der Waals surface area contributed by atoms with Crippen molar-refractivity contribution in [2.45, 2.75) is 19.6 Å². The van der Waals surface area contributed by atoms with Crippen molar-refractivity contribution < 1.29 is 5.11 Å². The summed E-state index contributed by atoms with van der Waals surface area (Å²) in [6, 6.07) is 1.94. The van der Waals surface area contributed by atoms with Crippen LogP contribution in [0.5, 0.6) is 0 Å². The summed E-state index contributed by atoms with van der Waals surface area (Å²) in [4.78, 5) is 4.97. The van der Waals surface area contributed by atoms with Gasteiger partial charge in [-0.15, -0.1) is 11.3 Å². The number of aromatic nitrogens is 2. The number of thiophene rings is 1. The molecule has 0 saturated heterocycles. The smallest absolute Gasteiger partial charge is 0.131 e. The van der Waals surface area contributed by atoms with Gasteiger partial charge in [-0.05, 0) is 34.3 Å². The van der Waals surface area contributed by atoms with E-state index in [2.05, 4.69) is 20.9 Å². The van der Waals surface area contributed by atoms with Crippen LogP contribution in [0.4, 0.5) is 0 Å². The molecule has 3 nitrogen and oxygen atoms in total. The molecule has 2 rings (SSSR count). The standard InChI is InChI=1S/C10H11BrN2OS/c1-2-13-6-12-5-8(13)9(14)10-7(11)3-4-15-10/h3-6,9,14H,2H2,1H3. The topological polar surface area (TPSA) is 38.0 Å². The van der Waals surface area contributed by atoms with Gasteiger partial charge >= 0.3 is 0 Å². The highest BCUT2D eigenvalue weighted by Gasteiger charge is 2.18. The summed E-state index contributed by atoms with van der Waals surface area (Å²) < 4.78 is 2.89. The van der Waals surface area contributed by atoms with E-state index in [1.807, 2.05) is 22.9 Å². The van der Waals surface area contributed by atoms with Crippen molar-refractivity contribution >= 4 is 27.3 Å². The molecule has 2 heterocycles. The zero-order chi connectivity index (χ0) is 10.8. The Morgan fingerprint density at radius 3 is 3.07 bits per heavy atom. The predicted octanol–water partition coefficient (Wildman–Crippen LogP) is 2.81. The number of hydrogen-bond acceptors (Lipinski definition) is 3. The van der Waals surface area contributed by atoms with Gasteiger partial charge in [0.15, 0.2) is 0 Å². The number of imidazole rings is 1. The van der Waals surface area contributed by atoms with Gasteiger partial charge in [-0.2, -0.15) is 0 Å². The van der Waals surface area contributed by atoms with Gasteiger partial charge in [-0.1, -0.05) is 0 Å². The van der Waals surface area contributed by atoms with Crippen LogP contribution in [0.3, 0.4) is 0 Å². The average molecular weight is 287 g/mol. The van der Waals surface area contributed by atoms with E-state index in [1.165, 1.54) is 11.3 Å². The number of nitrogens with zero attached hydrogens (tertiary/aromatic N) is 2. The molecule has 2 aromatic heterocycles. The molecule has 0 bridgehead atoms. The lowest BCUT2D eigenvalue weighted by Crippen LogP contribution is -2.06. The molecule has 2 aromatic rings. The van der Waals surface area contributed by atoms with Crippen molar-refractivity contribution in [2.75, 3.05) is 0 Å². The molecular formula is C10H11BrN2OS. The van der Waals surface area contributed by atoms with E-state index in [1.54, 1.807) is 12.5 Å². The summed E-state index contributed by atoms with van der Waals surface area (Å²) in [5.41, 5.74) is 0.834. The Balaban J connectivity index is 2.36. The quantitative estimate of drug-likeness (QED) is 0.942. The minimum absolute atomic E-state index is 0.596. The fourth-order valence-electron chi connectivity index (χ4n) is 1.46. The summed E-state index contributed by atoms with van der Waals surface area (Å²) in [5, 5.41) is 12.1. The van der Waals surface area contributed by atoms with E-state index < -0.39 is 6.10 Å². The molecule has 1 unspecified atom stereocenters. The molecule has 0 fully saturated rings. The van der Waals surface area contributed by atoms with Crippen molar-refractivity contribution in [3.63, 3.8) is 0 Å². The second-order valence-electron chi connectivity index (χ2n) is 3.14. The third kappa shape index (κ3) is 2.00. The normalized spacial score (nSPS) is 13.0. The first-order valence-corrected chi connectivity index (χ1v) is 6.32. The summed E-state index contributed by atoms with van der Waals surface area (Å²) >= 11 is 4.96. The van der Waals surface area contributed by atoms with Crippen LogP contribution in [0.1, 0.15) is 23.6 Å². The Morgan fingerprint density at radius 2 is 2.47 bits per heavy atom. The van der Waals surface area contributed by atoms with Crippen LogP contribution in [0.2, 0.25) is 0 Å². The van der Waals surface area contributed by atoms with E-state index in [0.717, 1.165) is 21.6 Å². The molecule has 0 aromatic carbocycles. The first kappa shape index (κ1) is 10.9. The number of aryl methyl sites for hydroxylation is 1. The molecule has 1 N–H and O–H groups in total. The van der Waals surface area contributed by atoms with E-state index in [9.17, 15) is 5.11 Å². The van der Waals surface area contributed by atoms with Crippen LogP contribution in [0, 0.1) is 0 Å². The van der Waals surface area contributed by atoms with Crippen LogP contribution in [0.25, 0.3) is 0 Å². The first-order valence-electron chi connectivity index (χ1n) is 4.65. The number of rotatable bonds is 3. The van der Waals surface area contributed by atoms with Crippen LogP contribution in [-0.2, 0) is 6.54 Å². The molecular weight excluding hydrogens is 276 g/mol. The van der Waals surface area contributed by atoms with Gasteiger partial charge in [0, 0.05) is 11.0 Å². The van der Waals surface area contributed by atoms with Crippen molar-refractivity contribution in [1.82, 2.24) is 9.55 Å². The molecule has 0 aliphatic rings. The maximum Gasteiger partial charge on any atom is 0.131 e. The van der Waals surface area contributed by atoms with Crippen molar-refractivity contribution in [3.8, 4) is 0 Å². The second kappa shape index (κ2) is 4.47. The highest BCUT2D eigenvalue weighted by atomic mass is 79.9. The third-order valence-electron chi connectivity index (χ3n) is 2.26. The van der Waals surface area contributed by atoms with Gasteiger partial charge < -0.3 is 9.67 Å². The fourth-order valence-corrected chi connectivity index (χ4v) is 3.04. The number of halogens is 1. The molecule has 0 amide bonds. The largest absolute Gasteiger partial charge is 0.381 e. The van der Waals surface area contributed by atoms with Crippen LogP contribution in [-0.4, -0.2) is 14.7 Å². The van der Waals surface area contributed by atoms with Crippen LogP contribution < -0.4 is 0 Å². The molecule has 0 saturated carbocycles. The molecule has 15 heavy (non-hydrogen) atoms. The van der Waals surface area contributed by atoms with Crippen molar-refractivity contribution in [3.05, 3.63) is 39.0 Å². The SMILES string of the molecule is CCn1cncc1C(O)c1sccc1Br. The van der Waals surface area contributed by atoms with Crippen LogP contribution >= 0.6 is 27.3 Å². The highest BCUT2D eigenvalue weighted by molar-refractivity contribution is 9.10. The minimum atomic E-state index is -0.596. The van der Waals surface area contributed by atoms with Gasteiger partial charge in [0.25, 0.3) is 0 Å². The molecule has 0 aliphatic carbocycles. The van der Waals surface area contributed by atoms with E-state index >= 15 is 0 Å². The lowest BCUT2D eigenvalue weighted by molar-refractivity contribution is 0.213. The lowest BCUT2D eigenvalue weighted by atomic mass is 10.2. The van der Waals surface area contributed by atoms with Gasteiger partial charge in [0.2, 0.25) is 0 Å². The third-order valence-corrected chi connectivity index (χ3v) is 4.18. The fraction of sp³-hybridized carbons (Fsp3) is 0.300. The molecule has 0 spiro atoms.